The largest absolute Gasteiger partial charge is 0.496 e. The van der Waals surface area contributed by atoms with Crippen molar-refractivity contribution < 1.29 is 27.8 Å². The van der Waals surface area contributed by atoms with Crippen molar-refractivity contribution in [3.8, 4) is 17.0 Å². The SMILES string of the molecule is COc1ccc(-c2nc3ccc(C(F)(F)F)cn3c2C(=O)O)cc1C. The molecular formula is C17H13F3N2O3. The smallest absolute Gasteiger partial charge is 0.417 e. The van der Waals surface area contributed by atoms with Gasteiger partial charge in [-0.3, -0.25) is 4.40 Å². The van der Waals surface area contributed by atoms with Crippen molar-refractivity contribution in [1.29, 1.82) is 0 Å². The van der Waals surface area contributed by atoms with E-state index in [0.717, 1.165) is 28.3 Å². The Bertz CT molecular complexity index is 977. The van der Waals surface area contributed by atoms with Gasteiger partial charge in [0.25, 0.3) is 0 Å². The van der Waals surface area contributed by atoms with Crippen molar-refractivity contribution in [2.45, 2.75) is 13.1 Å². The summed E-state index contributed by atoms with van der Waals surface area (Å²) in [5.41, 5.74) is 0.173. The molecule has 25 heavy (non-hydrogen) atoms. The van der Waals surface area contributed by atoms with E-state index < -0.39 is 17.7 Å². The third kappa shape index (κ3) is 2.90. The van der Waals surface area contributed by atoms with Crippen LogP contribution in [0.1, 0.15) is 21.6 Å². The van der Waals surface area contributed by atoms with E-state index in [4.69, 9.17) is 4.74 Å². The summed E-state index contributed by atoms with van der Waals surface area (Å²) in [6.07, 6.45) is -3.84. The maximum Gasteiger partial charge on any atom is 0.417 e. The molecule has 130 valence electrons. The van der Waals surface area contributed by atoms with E-state index in [2.05, 4.69) is 4.98 Å². The fourth-order valence-corrected chi connectivity index (χ4v) is 2.64. The molecule has 8 heteroatoms. The minimum Gasteiger partial charge on any atom is -0.496 e. The number of benzene rings is 1. The fraction of sp³-hybridized carbons (Fsp3) is 0.176. The van der Waals surface area contributed by atoms with E-state index in [9.17, 15) is 23.1 Å². The normalized spacial score (nSPS) is 11.7. The Morgan fingerprint density at radius 3 is 2.52 bits per heavy atom. The average Bonchev–Trinajstić information content (AvgIpc) is 2.92. The molecule has 0 fully saturated rings. The Kier molecular flexibility index (Phi) is 3.90. The van der Waals surface area contributed by atoms with Crippen molar-refractivity contribution in [2.75, 3.05) is 7.11 Å². The number of fused-ring (bicyclic) bond motifs is 1. The molecule has 0 atom stereocenters. The Labute approximate surface area is 140 Å². The fourth-order valence-electron chi connectivity index (χ4n) is 2.64. The third-order valence-corrected chi connectivity index (χ3v) is 3.82. The van der Waals surface area contributed by atoms with Crippen LogP contribution >= 0.6 is 0 Å². The summed E-state index contributed by atoms with van der Waals surface area (Å²) < 4.78 is 44.9. The van der Waals surface area contributed by atoms with Crippen LogP contribution in [0, 0.1) is 6.92 Å². The van der Waals surface area contributed by atoms with Gasteiger partial charge in [-0.25, -0.2) is 9.78 Å². The Morgan fingerprint density at radius 2 is 1.96 bits per heavy atom. The molecule has 0 unspecified atom stereocenters. The van der Waals surface area contributed by atoms with Crippen LogP contribution in [0.2, 0.25) is 0 Å². The van der Waals surface area contributed by atoms with Crippen LogP contribution in [0.25, 0.3) is 16.9 Å². The lowest BCUT2D eigenvalue weighted by Gasteiger charge is -2.08. The van der Waals surface area contributed by atoms with Gasteiger partial charge in [0.1, 0.15) is 17.1 Å². The molecule has 0 aliphatic rings. The molecule has 0 spiro atoms. The number of carbonyl (C=O) groups is 1. The number of alkyl halides is 3. The quantitative estimate of drug-likeness (QED) is 0.774. The number of halogens is 3. The van der Waals surface area contributed by atoms with Crippen LogP contribution in [0.15, 0.2) is 36.5 Å². The number of hydrogen-bond acceptors (Lipinski definition) is 3. The molecule has 2 aromatic heterocycles. The lowest BCUT2D eigenvalue weighted by molar-refractivity contribution is -0.137. The summed E-state index contributed by atoms with van der Waals surface area (Å²) in [6, 6.07) is 6.97. The molecule has 0 aliphatic carbocycles. The van der Waals surface area contributed by atoms with Gasteiger partial charge in [-0.15, -0.1) is 0 Å². The molecule has 3 rings (SSSR count). The predicted octanol–water partition coefficient (Wildman–Crippen LogP) is 4.04. The highest BCUT2D eigenvalue weighted by atomic mass is 19.4. The number of aromatic nitrogens is 2. The van der Waals surface area contributed by atoms with Gasteiger partial charge in [-0.1, -0.05) is 0 Å². The van der Waals surface area contributed by atoms with Crippen molar-refractivity contribution in [1.82, 2.24) is 9.38 Å². The number of rotatable bonds is 3. The maximum atomic E-state index is 12.9. The van der Waals surface area contributed by atoms with Crippen LogP contribution in [0.5, 0.6) is 5.75 Å². The van der Waals surface area contributed by atoms with Gasteiger partial charge in [0, 0.05) is 11.8 Å². The second kappa shape index (κ2) is 5.80. The molecule has 0 radical (unpaired) electrons. The van der Waals surface area contributed by atoms with Gasteiger partial charge in [0.15, 0.2) is 5.69 Å². The summed E-state index contributed by atoms with van der Waals surface area (Å²) in [4.78, 5) is 15.9. The minimum atomic E-state index is -4.58. The Morgan fingerprint density at radius 1 is 1.24 bits per heavy atom. The highest BCUT2D eigenvalue weighted by Gasteiger charge is 2.32. The Hall–Kier alpha value is -3.03. The van der Waals surface area contributed by atoms with Gasteiger partial charge in [-0.2, -0.15) is 13.2 Å². The second-order valence-electron chi connectivity index (χ2n) is 5.44. The third-order valence-electron chi connectivity index (χ3n) is 3.82. The molecule has 0 aliphatic heterocycles. The molecule has 1 N–H and O–H groups in total. The van der Waals surface area contributed by atoms with Gasteiger partial charge >= 0.3 is 12.1 Å². The van der Waals surface area contributed by atoms with E-state index in [1.54, 1.807) is 25.1 Å². The van der Waals surface area contributed by atoms with Crippen LogP contribution in [0.4, 0.5) is 13.2 Å². The first-order valence-corrected chi connectivity index (χ1v) is 7.20. The number of nitrogens with zero attached hydrogens (tertiary/aromatic N) is 2. The molecule has 5 nitrogen and oxygen atoms in total. The number of imidazole rings is 1. The van der Waals surface area contributed by atoms with E-state index >= 15 is 0 Å². The summed E-state index contributed by atoms with van der Waals surface area (Å²) in [6.45, 7) is 1.78. The van der Waals surface area contributed by atoms with Crippen molar-refractivity contribution >= 4 is 11.6 Å². The average molecular weight is 350 g/mol. The number of aromatic carboxylic acids is 1. The topological polar surface area (TPSA) is 63.8 Å². The summed E-state index contributed by atoms with van der Waals surface area (Å²) in [5, 5.41) is 9.51. The van der Waals surface area contributed by atoms with Crippen LogP contribution in [0.3, 0.4) is 0 Å². The molecular weight excluding hydrogens is 337 g/mol. The van der Waals surface area contributed by atoms with E-state index in [1.807, 2.05) is 0 Å². The van der Waals surface area contributed by atoms with Crippen molar-refractivity contribution in [2.24, 2.45) is 0 Å². The lowest BCUT2D eigenvalue weighted by Crippen LogP contribution is -2.09. The predicted molar refractivity (Wildman–Crippen MR) is 83.9 cm³/mol. The Balaban J connectivity index is 2.27. The van der Waals surface area contributed by atoms with E-state index in [0.29, 0.717) is 11.3 Å². The number of carboxylic acids is 1. The number of pyridine rings is 1. The molecule has 3 aromatic rings. The van der Waals surface area contributed by atoms with Crippen LogP contribution in [-0.4, -0.2) is 27.6 Å². The first kappa shape index (κ1) is 16.8. The van der Waals surface area contributed by atoms with Gasteiger partial charge in [-0.05, 0) is 42.8 Å². The minimum absolute atomic E-state index is 0.0950. The summed E-state index contributed by atoms with van der Waals surface area (Å²) >= 11 is 0. The standard InChI is InChI=1S/C17H13F3N2O3/c1-9-7-10(3-5-12(9)25-2)14-15(16(23)24)22-8-11(17(18,19)20)4-6-13(22)21-14/h3-8H,1-2H3,(H,23,24). The van der Waals surface area contributed by atoms with Crippen molar-refractivity contribution in [3.05, 3.63) is 53.3 Å². The monoisotopic (exact) mass is 350 g/mol. The molecule has 0 amide bonds. The molecule has 0 bridgehead atoms. The maximum absolute atomic E-state index is 12.9. The highest BCUT2D eigenvalue weighted by Crippen LogP contribution is 2.32. The van der Waals surface area contributed by atoms with Gasteiger partial charge in [0.05, 0.1) is 12.7 Å². The molecule has 0 saturated heterocycles. The van der Waals surface area contributed by atoms with Gasteiger partial charge < -0.3 is 9.84 Å². The zero-order chi connectivity index (χ0) is 18.4. The molecule has 1 aromatic carbocycles. The zero-order valence-electron chi connectivity index (χ0n) is 13.3. The first-order valence-electron chi connectivity index (χ1n) is 7.20. The second-order valence-corrected chi connectivity index (χ2v) is 5.44. The highest BCUT2D eigenvalue weighted by molar-refractivity contribution is 5.94. The number of carboxylic acid groups (broad SMARTS) is 1. The summed E-state index contributed by atoms with van der Waals surface area (Å²) in [5.74, 6) is -0.751. The number of aryl methyl sites for hydroxylation is 1. The number of hydrogen-bond donors (Lipinski definition) is 1. The van der Waals surface area contributed by atoms with E-state index in [-0.39, 0.29) is 17.0 Å². The summed E-state index contributed by atoms with van der Waals surface area (Å²) in [7, 11) is 1.51. The molecule has 2 heterocycles. The molecule has 0 saturated carbocycles. The number of ether oxygens (including phenoxy) is 1. The van der Waals surface area contributed by atoms with Crippen LogP contribution < -0.4 is 4.74 Å². The van der Waals surface area contributed by atoms with E-state index in [1.165, 1.54) is 7.11 Å². The zero-order valence-corrected chi connectivity index (χ0v) is 13.3. The number of methoxy groups -OCH3 is 1. The lowest BCUT2D eigenvalue weighted by atomic mass is 10.1. The van der Waals surface area contributed by atoms with Crippen molar-refractivity contribution in [3.63, 3.8) is 0 Å². The van der Waals surface area contributed by atoms with Crippen LogP contribution in [-0.2, 0) is 6.18 Å². The van der Waals surface area contributed by atoms with Gasteiger partial charge in [0.2, 0.25) is 0 Å². The first-order chi connectivity index (χ1) is 11.7.